The number of rotatable bonds is 6. The van der Waals surface area contributed by atoms with Gasteiger partial charge in [-0.15, -0.1) is 11.3 Å². The molecular formula is C11H13F2N3O2S2. The van der Waals surface area contributed by atoms with Crippen molar-refractivity contribution in [3.05, 3.63) is 34.0 Å². The van der Waals surface area contributed by atoms with Crippen LogP contribution in [0.3, 0.4) is 0 Å². The van der Waals surface area contributed by atoms with E-state index in [1.807, 2.05) is 12.3 Å². The summed E-state index contributed by atoms with van der Waals surface area (Å²) in [7, 11) is -3.39. The molecule has 0 aliphatic rings. The van der Waals surface area contributed by atoms with E-state index in [2.05, 4.69) is 10.1 Å². The zero-order valence-corrected chi connectivity index (χ0v) is 12.3. The molecule has 0 aromatic carbocycles. The average Bonchev–Trinajstić information content (AvgIpc) is 2.95. The number of thiazole rings is 1. The number of aromatic nitrogens is 3. The second-order valence-corrected chi connectivity index (χ2v) is 7.51. The van der Waals surface area contributed by atoms with Crippen molar-refractivity contribution >= 4 is 21.2 Å². The minimum Gasteiger partial charge on any atom is -0.247 e. The molecule has 0 fully saturated rings. The Morgan fingerprint density at radius 3 is 2.70 bits per heavy atom. The maximum absolute atomic E-state index is 12.3. The summed E-state index contributed by atoms with van der Waals surface area (Å²) in [5.74, 6) is -0.409. The van der Waals surface area contributed by atoms with Crippen LogP contribution < -0.4 is 0 Å². The quantitative estimate of drug-likeness (QED) is 0.818. The van der Waals surface area contributed by atoms with Crippen LogP contribution in [0.1, 0.15) is 22.9 Å². The molecule has 0 unspecified atom stereocenters. The van der Waals surface area contributed by atoms with Crippen molar-refractivity contribution in [2.75, 3.05) is 5.75 Å². The lowest BCUT2D eigenvalue weighted by molar-refractivity contribution is 0.0562. The van der Waals surface area contributed by atoms with Crippen molar-refractivity contribution in [3.8, 4) is 0 Å². The summed E-state index contributed by atoms with van der Waals surface area (Å²) in [5.41, 5.74) is 0.856. The first-order chi connectivity index (χ1) is 9.35. The van der Waals surface area contributed by atoms with Crippen LogP contribution in [0, 0.1) is 6.92 Å². The van der Waals surface area contributed by atoms with Crippen LogP contribution in [0.4, 0.5) is 8.78 Å². The molecule has 2 rings (SSSR count). The zero-order valence-electron chi connectivity index (χ0n) is 10.7. The van der Waals surface area contributed by atoms with Gasteiger partial charge in [0, 0.05) is 18.0 Å². The molecule has 0 atom stereocenters. The van der Waals surface area contributed by atoms with E-state index in [1.54, 1.807) is 0 Å². The topological polar surface area (TPSA) is 64.8 Å². The van der Waals surface area contributed by atoms with E-state index in [4.69, 9.17) is 0 Å². The monoisotopic (exact) mass is 321 g/mol. The summed E-state index contributed by atoms with van der Waals surface area (Å²) in [5, 5.41) is 6.23. The van der Waals surface area contributed by atoms with Crippen LogP contribution in [0.2, 0.25) is 0 Å². The lowest BCUT2D eigenvalue weighted by Crippen LogP contribution is -2.12. The van der Waals surface area contributed by atoms with Gasteiger partial charge in [0.1, 0.15) is 0 Å². The van der Waals surface area contributed by atoms with Gasteiger partial charge in [-0.2, -0.15) is 13.9 Å². The summed E-state index contributed by atoms with van der Waals surface area (Å²) in [6.07, 6.45) is 1.39. The van der Waals surface area contributed by atoms with Crippen molar-refractivity contribution in [3.63, 3.8) is 0 Å². The van der Waals surface area contributed by atoms with Gasteiger partial charge >= 0.3 is 6.55 Å². The molecule has 5 nitrogen and oxygen atoms in total. The van der Waals surface area contributed by atoms with E-state index in [1.165, 1.54) is 17.4 Å². The van der Waals surface area contributed by atoms with Gasteiger partial charge in [-0.1, -0.05) is 0 Å². The second-order valence-electron chi connectivity index (χ2n) is 4.26. The molecule has 0 spiro atoms. The number of alkyl halides is 2. The van der Waals surface area contributed by atoms with Gasteiger partial charge < -0.3 is 0 Å². The van der Waals surface area contributed by atoms with Gasteiger partial charge in [0.2, 0.25) is 0 Å². The third-order valence-electron chi connectivity index (χ3n) is 2.57. The highest BCUT2D eigenvalue weighted by molar-refractivity contribution is 7.90. The van der Waals surface area contributed by atoms with Crippen molar-refractivity contribution in [1.82, 2.24) is 14.8 Å². The Hall–Kier alpha value is -1.35. The van der Waals surface area contributed by atoms with Gasteiger partial charge in [0.05, 0.1) is 27.9 Å². The Morgan fingerprint density at radius 1 is 1.40 bits per heavy atom. The highest BCUT2D eigenvalue weighted by Gasteiger charge is 2.16. The third kappa shape index (κ3) is 4.07. The van der Waals surface area contributed by atoms with Crippen LogP contribution in [0.25, 0.3) is 0 Å². The number of hydrogen-bond acceptors (Lipinski definition) is 5. The minimum atomic E-state index is -3.39. The molecule has 0 saturated heterocycles. The summed E-state index contributed by atoms with van der Waals surface area (Å²) >= 11 is 1.46. The van der Waals surface area contributed by atoms with E-state index in [-0.39, 0.29) is 17.2 Å². The van der Waals surface area contributed by atoms with E-state index >= 15 is 0 Å². The second kappa shape index (κ2) is 5.96. The molecule has 2 heterocycles. The first-order valence-corrected chi connectivity index (χ1v) is 8.49. The van der Waals surface area contributed by atoms with Crippen molar-refractivity contribution < 1.29 is 17.2 Å². The van der Waals surface area contributed by atoms with Crippen LogP contribution in [-0.4, -0.2) is 28.9 Å². The average molecular weight is 321 g/mol. The van der Waals surface area contributed by atoms with Crippen LogP contribution in [0.15, 0.2) is 17.6 Å². The lowest BCUT2D eigenvalue weighted by atomic mass is 10.4. The summed E-state index contributed by atoms with van der Waals surface area (Å²) in [6.45, 7) is -0.913. The lowest BCUT2D eigenvalue weighted by Gasteiger charge is -2.01. The van der Waals surface area contributed by atoms with Gasteiger partial charge in [0.25, 0.3) is 0 Å². The number of aryl methyl sites for hydroxylation is 2. The molecule has 9 heteroatoms. The van der Waals surface area contributed by atoms with Gasteiger partial charge in [-0.05, 0) is 13.0 Å². The third-order valence-corrected chi connectivity index (χ3v) is 4.95. The SMILES string of the molecule is Cc1nc(CCS(=O)(=O)Cc2ccn(C(F)F)n2)cs1. The predicted octanol–water partition coefficient (Wildman–Crippen LogP) is 2.20. The van der Waals surface area contributed by atoms with Crippen LogP contribution in [-0.2, 0) is 22.0 Å². The Labute approximate surface area is 119 Å². The fourth-order valence-corrected chi connectivity index (χ4v) is 3.56. The van der Waals surface area contributed by atoms with Crippen LogP contribution >= 0.6 is 11.3 Å². The molecule has 0 amide bonds. The van der Waals surface area contributed by atoms with Crippen molar-refractivity contribution in [2.24, 2.45) is 0 Å². The molecule has 0 saturated carbocycles. The standard InChI is InChI=1S/C11H13F2N3O2S2/c1-8-14-9(6-19-8)3-5-20(17,18)7-10-2-4-16(15-10)11(12)13/h2,4,6,11H,3,5,7H2,1H3. The fourth-order valence-electron chi connectivity index (χ4n) is 1.64. The summed E-state index contributed by atoms with van der Waals surface area (Å²) in [6, 6.07) is 1.29. The maximum atomic E-state index is 12.3. The molecule has 0 bridgehead atoms. The number of hydrogen-bond donors (Lipinski definition) is 0. The van der Waals surface area contributed by atoms with E-state index in [0.29, 0.717) is 11.1 Å². The Kier molecular flexibility index (Phi) is 4.48. The highest BCUT2D eigenvalue weighted by atomic mass is 32.2. The van der Waals surface area contributed by atoms with E-state index in [0.717, 1.165) is 16.9 Å². The number of sulfone groups is 1. The number of nitrogens with zero attached hydrogens (tertiary/aromatic N) is 3. The molecule has 2 aromatic rings. The van der Waals surface area contributed by atoms with E-state index < -0.39 is 16.4 Å². The molecule has 110 valence electrons. The van der Waals surface area contributed by atoms with Crippen molar-refractivity contribution in [1.29, 1.82) is 0 Å². The molecule has 0 aliphatic heterocycles. The van der Waals surface area contributed by atoms with Gasteiger partial charge in [-0.3, -0.25) is 0 Å². The summed E-state index contributed by atoms with van der Waals surface area (Å²) in [4.78, 5) is 4.18. The molecular weight excluding hydrogens is 308 g/mol. The first-order valence-electron chi connectivity index (χ1n) is 5.79. The summed E-state index contributed by atoms with van der Waals surface area (Å²) < 4.78 is 48.9. The Morgan fingerprint density at radius 2 is 2.15 bits per heavy atom. The molecule has 0 radical (unpaired) electrons. The maximum Gasteiger partial charge on any atom is 0.333 e. The Bertz CT molecular complexity index is 679. The fraction of sp³-hybridized carbons (Fsp3) is 0.455. The van der Waals surface area contributed by atoms with Crippen LogP contribution in [0.5, 0.6) is 0 Å². The smallest absolute Gasteiger partial charge is 0.247 e. The van der Waals surface area contributed by atoms with Gasteiger partial charge in [-0.25, -0.2) is 18.1 Å². The molecule has 20 heavy (non-hydrogen) atoms. The van der Waals surface area contributed by atoms with Crippen molar-refractivity contribution in [2.45, 2.75) is 25.6 Å². The molecule has 0 aliphatic carbocycles. The normalized spacial score (nSPS) is 12.2. The van der Waals surface area contributed by atoms with Gasteiger partial charge in [0.15, 0.2) is 9.84 Å². The molecule has 0 N–H and O–H groups in total. The first kappa shape index (κ1) is 15.0. The zero-order chi connectivity index (χ0) is 14.8. The minimum absolute atomic E-state index is 0.0717. The van der Waals surface area contributed by atoms with E-state index in [9.17, 15) is 17.2 Å². The Balaban J connectivity index is 1.96. The largest absolute Gasteiger partial charge is 0.333 e. The number of halogens is 2. The highest BCUT2D eigenvalue weighted by Crippen LogP contribution is 2.13. The predicted molar refractivity (Wildman–Crippen MR) is 71.5 cm³/mol. The molecule has 2 aromatic heterocycles.